The van der Waals surface area contributed by atoms with Crippen molar-refractivity contribution < 1.29 is 32.6 Å². The van der Waals surface area contributed by atoms with Crippen LogP contribution in [-0.2, 0) is 0 Å². The number of aromatic hydroxyl groups is 1. The van der Waals surface area contributed by atoms with Crippen molar-refractivity contribution in [1.29, 1.82) is 0 Å². The zero-order valence-electron chi connectivity index (χ0n) is 11.9. The molecule has 0 spiro atoms. The Balaban J connectivity index is 1.95. The minimum atomic E-state index is -4.81. The number of halogens is 3. The van der Waals surface area contributed by atoms with Crippen molar-refractivity contribution in [1.82, 2.24) is 5.32 Å². The highest BCUT2D eigenvalue weighted by Crippen LogP contribution is 2.24. The van der Waals surface area contributed by atoms with Crippen LogP contribution in [0.4, 0.5) is 23.7 Å². The number of alkyl halides is 3. The summed E-state index contributed by atoms with van der Waals surface area (Å²) in [7, 11) is 0. The maximum Gasteiger partial charge on any atom is 0.573 e. The molecule has 0 atom stereocenters. The van der Waals surface area contributed by atoms with Crippen LogP contribution in [0.2, 0.25) is 0 Å². The maximum absolute atomic E-state index is 12.0. The van der Waals surface area contributed by atoms with Crippen LogP contribution < -0.4 is 15.4 Å². The van der Waals surface area contributed by atoms with E-state index in [4.69, 9.17) is 0 Å². The largest absolute Gasteiger partial charge is 0.573 e. The fourth-order valence-electron chi connectivity index (χ4n) is 1.74. The van der Waals surface area contributed by atoms with Crippen molar-refractivity contribution in [3.05, 3.63) is 54.1 Å². The normalized spacial score (nSPS) is 10.8. The number of anilines is 1. The minimum absolute atomic E-state index is 0.0958. The number of carbonyl (C=O) groups excluding carboxylic acids is 2. The summed E-state index contributed by atoms with van der Waals surface area (Å²) in [5, 5.41) is 13.7. The lowest BCUT2D eigenvalue weighted by atomic mass is 10.2. The first-order valence-electron chi connectivity index (χ1n) is 6.51. The zero-order valence-corrected chi connectivity index (χ0v) is 11.9. The lowest BCUT2D eigenvalue weighted by Crippen LogP contribution is -2.34. The van der Waals surface area contributed by atoms with Crippen LogP contribution in [0.25, 0.3) is 0 Å². The van der Waals surface area contributed by atoms with Crippen LogP contribution in [0.5, 0.6) is 11.5 Å². The van der Waals surface area contributed by atoms with Gasteiger partial charge in [-0.15, -0.1) is 13.2 Å². The topological polar surface area (TPSA) is 87.7 Å². The Morgan fingerprint density at radius 3 is 2.21 bits per heavy atom. The number of ether oxygens (including phenoxy) is 1. The number of hydrogen-bond acceptors (Lipinski definition) is 4. The van der Waals surface area contributed by atoms with Gasteiger partial charge in [-0.3, -0.25) is 10.1 Å². The summed E-state index contributed by atoms with van der Waals surface area (Å²) in [6, 6.07) is 9.07. The van der Waals surface area contributed by atoms with Gasteiger partial charge in [-0.2, -0.15) is 0 Å². The Labute approximate surface area is 133 Å². The summed E-state index contributed by atoms with van der Waals surface area (Å²) < 4.78 is 39.8. The first kappa shape index (κ1) is 17.1. The van der Waals surface area contributed by atoms with E-state index in [1.807, 2.05) is 5.32 Å². The number of carbonyl (C=O) groups is 2. The van der Waals surface area contributed by atoms with Gasteiger partial charge in [-0.1, -0.05) is 12.1 Å². The average Bonchev–Trinajstić information content (AvgIpc) is 2.48. The van der Waals surface area contributed by atoms with Gasteiger partial charge in [0, 0.05) is 5.69 Å². The number of hydrogen-bond donors (Lipinski definition) is 3. The monoisotopic (exact) mass is 340 g/mol. The second-order valence-corrected chi connectivity index (χ2v) is 4.50. The number of imide groups is 1. The highest BCUT2D eigenvalue weighted by Gasteiger charge is 2.30. The van der Waals surface area contributed by atoms with E-state index in [-0.39, 0.29) is 17.0 Å². The van der Waals surface area contributed by atoms with Gasteiger partial charge in [-0.05, 0) is 36.4 Å². The second kappa shape index (κ2) is 6.90. The Morgan fingerprint density at radius 2 is 1.62 bits per heavy atom. The molecule has 0 aromatic heterocycles. The fourth-order valence-corrected chi connectivity index (χ4v) is 1.74. The van der Waals surface area contributed by atoms with Crippen LogP contribution in [0.15, 0.2) is 48.5 Å². The fraction of sp³-hybridized carbons (Fsp3) is 0.0667. The highest BCUT2D eigenvalue weighted by molar-refractivity contribution is 6.09. The molecule has 0 aliphatic rings. The van der Waals surface area contributed by atoms with Crippen molar-refractivity contribution in [2.75, 3.05) is 5.32 Å². The standard InChI is InChI=1S/C15H11F3N2O4/c16-15(17,18)24-10-7-5-9(6-8-10)19-14(23)20-13(22)11-3-1-2-4-12(11)21/h1-8,21H,(H2,19,20,22,23). The van der Waals surface area contributed by atoms with Crippen LogP contribution in [0.3, 0.4) is 0 Å². The van der Waals surface area contributed by atoms with Crippen LogP contribution >= 0.6 is 0 Å². The number of phenols is 1. The van der Waals surface area contributed by atoms with Crippen molar-refractivity contribution in [2.45, 2.75) is 6.36 Å². The molecule has 0 aliphatic carbocycles. The predicted molar refractivity (Wildman–Crippen MR) is 77.7 cm³/mol. The summed E-state index contributed by atoms with van der Waals surface area (Å²) in [4.78, 5) is 23.5. The molecule has 0 aliphatic heterocycles. The first-order valence-corrected chi connectivity index (χ1v) is 6.51. The molecule has 6 nitrogen and oxygen atoms in total. The van der Waals surface area contributed by atoms with E-state index < -0.39 is 24.1 Å². The third-order valence-corrected chi connectivity index (χ3v) is 2.72. The molecule has 126 valence electrons. The molecule has 3 amide bonds. The molecule has 0 saturated heterocycles. The van der Waals surface area contributed by atoms with Crippen molar-refractivity contribution in [2.24, 2.45) is 0 Å². The number of amides is 3. The van der Waals surface area contributed by atoms with Gasteiger partial charge in [0.25, 0.3) is 5.91 Å². The molecule has 0 radical (unpaired) electrons. The van der Waals surface area contributed by atoms with E-state index in [2.05, 4.69) is 10.1 Å². The highest BCUT2D eigenvalue weighted by atomic mass is 19.4. The van der Waals surface area contributed by atoms with Crippen molar-refractivity contribution in [3.63, 3.8) is 0 Å². The number of benzene rings is 2. The molecule has 3 N–H and O–H groups in total. The summed E-state index contributed by atoms with van der Waals surface area (Å²) in [5.41, 5.74) is 0.0497. The van der Waals surface area contributed by atoms with E-state index in [1.165, 1.54) is 36.4 Å². The smallest absolute Gasteiger partial charge is 0.507 e. The van der Waals surface area contributed by atoms with E-state index in [0.717, 1.165) is 12.1 Å². The predicted octanol–water partition coefficient (Wildman–Crippen LogP) is 3.25. The van der Waals surface area contributed by atoms with E-state index in [9.17, 15) is 27.9 Å². The van der Waals surface area contributed by atoms with Gasteiger partial charge in [0.1, 0.15) is 11.5 Å². The lowest BCUT2D eigenvalue weighted by molar-refractivity contribution is -0.274. The Morgan fingerprint density at radius 1 is 1.00 bits per heavy atom. The molecule has 2 aromatic rings. The van der Waals surface area contributed by atoms with Crippen molar-refractivity contribution in [3.8, 4) is 11.5 Å². The molecule has 0 unspecified atom stereocenters. The number of para-hydroxylation sites is 1. The third kappa shape index (κ3) is 4.90. The number of nitrogens with one attached hydrogen (secondary N) is 2. The zero-order chi connectivity index (χ0) is 17.7. The molecule has 0 fully saturated rings. The Bertz CT molecular complexity index is 745. The van der Waals surface area contributed by atoms with Crippen LogP contribution in [-0.4, -0.2) is 23.4 Å². The Hall–Kier alpha value is -3.23. The molecule has 2 rings (SSSR count). The molecule has 9 heteroatoms. The second-order valence-electron chi connectivity index (χ2n) is 4.50. The number of phenolic OH excluding ortho intramolecular Hbond substituents is 1. The van der Waals surface area contributed by atoms with Crippen LogP contribution in [0, 0.1) is 0 Å². The molecule has 2 aromatic carbocycles. The molecular formula is C15H11F3N2O4. The number of rotatable bonds is 3. The number of urea groups is 1. The summed E-state index contributed by atoms with van der Waals surface area (Å²) in [6.45, 7) is 0. The van der Waals surface area contributed by atoms with Gasteiger partial charge in [0.05, 0.1) is 5.56 Å². The van der Waals surface area contributed by atoms with Gasteiger partial charge in [-0.25, -0.2) is 4.79 Å². The van der Waals surface area contributed by atoms with Gasteiger partial charge >= 0.3 is 12.4 Å². The molecule has 0 saturated carbocycles. The van der Waals surface area contributed by atoms with Gasteiger partial charge < -0.3 is 15.2 Å². The average molecular weight is 340 g/mol. The molecule has 0 bridgehead atoms. The summed E-state index contributed by atoms with van der Waals surface area (Å²) in [5.74, 6) is -1.57. The lowest BCUT2D eigenvalue weighted by Gasteiger charge is -2.10. The summed E-state index contributed by atoms with van der Waals surface area (Å²) in [6.07, 6.45) is -4.81. The third-order valence-electron chi connectivity index (χ3n) is 2.72. The quantitative estimate of drug-likeness (QED) is 0.800. The van der Waals surface area contributed by atoms with E-state index in [1.54, 1.807) is 0 Å². The maximum atomic E-state index is 12.0. The molecular weight excluding hydrogens is 329 g/mol. The summed E-state index contributed by atoms with van der Waals surface area (Å²) >= 11 is 0. The minimum Gasteiger partial charge on any atom is -0.507 e. The molecule has 0 heterocycles. The van der Waals surface area contributed by atoms with Crippen LogP contribution in [0.1, 0.15) is 10.4 Å². The van der Waals surface area contributed by atoms with E-state index in [0.29, 0.717) is 0 Å². The van der Waals surface area contributed by atoms with E-state index >= 15 is 0 Å². The van der Waals surface area contributed by atoms with Gasteiger partial charge in [0.15, 0.2) is 0 Å². The first-order chi connectivity index (χ1) is 11.2. The van der Waals surface area contributed by atoms with Crippen molar-refractivity contribution >= 4 is 17.6 Å². The Kier molecular flexibility index (Phi) is 4.93. The molecule has 24 heavy (non-hydrogen) atoms. The van der Waals surface area contributed by atoms with Gasteiger partial charge in [0.2, 0.25) is 0 Å². The SMILES string of the molecule is O=C(NC(=O)c1ccccc1O)Nc1ccc(OC(F)(F)F)cc1.